The third-order valence-electron chi connectivity index (χ3n) is 6.77. The molecule has 0 amide bonds. The van der Waals surface area contributed by atoms with E-state index in [-0.39, 0.29) is 17.7 Å². The molecule has 5 heteroatoms. The standard InChI is InChI=1S/C26H32N2O3/c29-25(21-9-11-23(12-10-21)27-15-5-2-6-16-27)24(19-20-7-3-1-4-8-20)28-17-13-22(14-18-28)26(30)31/h1,3-4,7-12,22,24H,2,5-6,13-19H2,(H,30,31). The average molecular weight is 421 g/mol. The van der Waals surface area contributed by atoms with Crippen LogP contribution >= 0.6 is 0 Å². The van der Waals surface area contributed by atoms with Gasteiger partial charge in [0.1, 0.15) is 0 Å². The largest absolute Gasteiger partial charge is 0.481 e. The predicted octanol–water partition coefficient (Wildman–Crippen LogP) is 4.27. The monoisotopic (exact) mass is 420 g/mol. The lowest BCUT2D eigenvalue weighted by Crippen LogP contribution is -2.47. The molecule has 164 valence electrons. The molecule has 0 aliphatic carbocycles. The number of rotatable bonds is 7. The number of piperidine rings is 2. The number of hydrogen-bond acceptors (Lipinski definition) is 4. The van der Waals surface area contributed by atoms with Gasteiger partial charge in [0.25, 0.3) is 0 Å². The molecule has 2 aromatic carbocycles. The van der Waals surface area contributed by atoms with E-state index in [4.69, 9.17) is 0 Å². The summed E-state index contributed by atoms with van der Waals surface area (Å²) < 4.78 is 0. The number of likely N-dealkylation sites (tertiary alicyclic amines) is 1. The van der Waals surface area contributed by atoms with Crippen LogP contribution in [-0.4, -0.2) is 54.0 Å². The van der Waals surface area contributed by atoms with Crippen molar-refractivity contribution in [3.05, 3.63) is 65.7 Å². The molecule has 0 aromatic heterocycles. The first kappa shape index (κ1) is 21.6. The first-order valence-electron chi connectivity index (χ1n) is 11.5. The Labute approximate surface area is 184 Å². The lowest BCUT2D eigenvalue weighted by atomic mass is 9.91. The van der Waals surface area contributed by atoms with Gasteiger partial charge in [-0.1, -0.05) is 30.3 Å². The smallest absolute Gasteiger partial charge is 0.306 e. The summed E-state index contributed by atoms with van der Waals surface area (Å²) in [4.78, 5) is 29.5. The van der Waals surface area contributed by atoms with Crippen molar-refractivity contribution >= 4 is 17.4 Å². The zero-order valence-electron chi connectivity index (χ0n) is 18.1. The van der Waals surface area contributed by atoms with Crippen LogP contribution < -0.4 is 4.90 Å². The minimum Gasteiger partial charge on any atom is -0.481 e. The molecule has 0 bridgehead atoms. The van der Waals surface area contributed by atoms with Crippen molar-refractivity contribution in [3.63, 3.8) is 0 Å². The van der Waals surface area contributed by atoms with Crippen LogP contribution in [-0.2, 0) is 11.2 Å². The Morgan fingerprint density at radius 2 is 1.52 bits per heavy atom. The van der Waals surface area contributed by atoms with E-state index in [0.29, 0.717) is 32.4 Å². The van der Waals surface area contributed by atoms with Crippen LogP contribution in [0.4, 0.5) is 5.69 Å². The highest BCUT2D eigenvalue weighted by Gasteiger charge is 2.32. The maximum absolute atomic E-state index is 13.6. The van der Waals surface area contributed by atoms with Gasteiger partial charge in [-0.25, -0.2) is 0 Å². The molecule has 0 saturated carbocycles. The molecule has 2 aromatic rings. The van der Waals surface area contributed by atoms with E-state index in [0.717, 1.165) is 24.2 Å². The Bertz CT molecular complexity index is 867. The molecule has 1 unspecified atom stereocenters. The van der Waals surface area contributed by atoms with Crippen LogP contribution in [0.3, 0.4) is 0 Å². The van der Waals surface area contributed by atoms with Gasteiger partial charge in [-0.3, -0.25) is 14.5 Å². The van der Waals surface area contributed by atoms with Gasteiger partial charge >= 0.3 is 5.97 Å². The Morgan fingerprint density at radius 3 is 2.13 bits per heavy atom. The quantitative estimate of drug-likeness (QED) is 0.678. The van der Waals surface area contributed by atoms with Crippen LogP contribution in [0.2, 0.25) is 0 Å². The maximum atomic E-state index is 13.6. The number of carbonyl (C=O) groups excluding carboxylic acids is 1. The Hall–Kier alpha value is -2.66. The van der Waals surface area contributed by atoms with Crippen molar-refractivity contribution in [2.45, 2.75) is 44.6 Å². The normalized spacial score (nSPS) is 19.2. The van der Waals surface area contributed by atoms with Crippen molar-refractivity contribution in [2.75, 3.05) is 31.1 Å². The minimum absolute atomic E-state index is 0.128. The van der Waals surface area contributed by atoms with E-state index in [1.54, 1.807) is 0 Å². The third-order valence-corrected chi connectivity index (χ3v) is 6.77. The molecule has 2 aliphatic rings. The SMILES string of the molecule is O=C(O)C1CCN(C(Cc2ccccc2)C(=O)c2ccc(N3CCCCC3)cc2)CC1. The minimum atomic E-state index is -0.723. The van der Waals surface area contributed by atoms with Gasteiger partial charge in [0.05, 0.1) is 12.0 Å². The molecule has 2 heterocycles. The van der Waals surface area contributed by atoms with Gasteiger partial charge in [0, 0.05) is 24.3 Å². The molecule has 1 atom stereocenters. The number of ketones is 1. The zero-order valence-corrected chi connectivity index (χ0v) is 18.1. The topological polar surface area (TPSA) is 60.9 Å². The maximum Gasteiger partial charge on any atom is 0.306 e. The second-order valence-electron chi connectivity index (χ2n) is 8.81. The predicted molar refractivity (Wildman–Crippen MR) is 123 cm³/mol. The second kappa shape index (κ2) is 10.1. The van der Waals surface area contributed by atoms with Gasteiger partial charge < -0.3 is 10.0 Å². The highest BCUT2D eigenvalue weighted by atomic mass is 16.4. The van der Waals surface area contributed by atoms with Crippen molar-refractivity contribution in [1.82, 2.24) is 4.90 Å². The van der Waals surface area contributed by atoms with E-state index in [1.807, 2.05) is 30.3 Å². The summed E-state index contributed by atoms with van der Waals surface area (Å²) in [6.07, 6.45) is 5.60. The Kier molecular flexibility index (Phi) is 7.03. The summed E-state index contributed by atoms with van der Waals surface area (Å²) in [6, 6.07) is 17.9. The van der Waals surface area contributed by atoms with E-state index < -0.39 is 5.97 Å². The van der Waals surface area contributed by atoms with Crippen molar-refractivity contribution in [1.29, 1.82) is 0 Å². The second-order valence-corrected chi connectivity index (χ2v) is 8.81. The number of nitrogens with zero attached hydrogens (tertiary/aromatic N) is 2. The number of carboxylic acid groups (broad SMARTS) is 1. The van der Waals surface area contributed by atoms with Crippen LogP contribution in [0, 0.1) is 5.92 Å². The van der Waals surface area contributed by atoms with Crippen molar-refractivity contribution in [3.8, 4) is 0 Å². The number of anilines is 1. The molecule has 31 heavy (non-hydrogen) atoms. The Balaban J connectivity index is 1.51. The van der Waals surface area contributed by atoms with Crippen LogP contribution in [0.15, 0.2) is 54.6 Å². The molecule has 1 N–H and O–H groups in total. The number of benzene rings is 2. The molecule has 0 spiro atoms. The lowest BCUT2D eigenvalue weighted by molar-refractivity contribution is -0.143. The molecule has 4 rings (SSSR count). The van der Waals surface area contributed by atoms with Gasteiger partial charge in [-0.15, -0.1) is 0 Å². The van der Waals surface area contributed by atoms with E-state index in [9.17, 15) is 14.7 Å². The number of hydrogen-bond donors (Lipinski definition) is 1. The summed E-state index contributed by atoms with van der Waals surface area (Å²) >= 11 is 0. The molecule has 2 saturated heterocycles. The van der Waals surface area contributed by atoms with Crippen molar-refractivity contribution < 1.29 is 14.7 Å². The fraction of sp³-hybridized carbons (Fsp3) is 0.462. The number of aliphatic carboxylic acids is 1. The lowest BCUT2D eigenvalue weighted by Gasteiger charge is -2.36. The summed E-state index contributed by atoms with van der Waals surface area (Å²) in [5, 5.41) is 9.33. The fourth-order valence-corrected chi connectivity index (χ4v) is 4.86. The third kappa shape index (κ3) is 5.34. The van der Waals surface area contributed by atoms with Gasteiger partial charge in [0.2, 0.25) is 0 Å². The molecule has 2 fully saturated rings. The highest BCUT2D eigenvalue weighted by Crippen LogP contribution is 2.25. The number of carbonyl (C=O) groups is 2. The Morgan fingerprint density at radius 1 is 0.871 bits per heavy atom. The van der Waals surface area contributed by atoms with Crippen LogP contribution in [0.25, 0.3) is 0 Å². The van der Waals surface area contributed by atoms with E-state index >= 15 is 0 Å². The zero-order chi connectivity index (χ0) is 21.6. The average Bonchev–Trinajstić information content (AvgIpc) is 2.83. The van der Waals surface area contributed by atoms with Gasteiger partial charge in [-0.2, -0.15) is 0 Å². The van der Waals surface area contributed by atoms with Gasteiger partial charge in [0.15, 0.2) is 5.78 Å². The molecular weight excluding hydrogens is 388 g/mol. The fourth-order valence-electron chi connectivity index (χ4n) is 4.86. The van der Waals surface area contributed by atoms with E-state index in [2.05, 4.69) is 34.1 Å². The molecular formula is C26H32N2O3. The first-order valence-corrected chi connectivity index (χ1v) is 11.5. The van der Waals surface area contributed by atoms with Crippen LogP contribution in [0.1, 0.15) is 48.0 Å². The van der Waals surface area contributed by atoms with E-state index in [1.165, 1.54) is 24.9 Å². The van der Waals surface area contributed by atoms with Crippen molar-refractivity contribution in [2.24, 2.45) is 5.92 Å². The molecule has 2 aliphatic heterocycles. The summed E-state index contributed by atoms with van der Waals surface area (Å²) in [6.45, 7) is 3.46. The number of carboxylic acids is 1. The van der Waals surface area contributed by atoms with Gasteiger partial charge in [-0.05, 0) is 81.4 Å². The van der Waals surface area contributed by atoms with Crippen LogP contribution in [0.5, 0.6) is 0 Å². The highest BCUT2D eigenvalue weighted by molar-refractivity contribution is 6.00. The first-order chi connectivity index (χ1) is 15.1. The number of Topliss-reactive ketones (excluding diaryl/α,β-unsaturated/α-hetero) is 1. The summed E-state index contributed by atoms with van der Waals surface area (Å²) in [5.41, 5.74) is 3.06. The summed E-state index contributed by atoms with van der Waals surface area (Å²) in [5.74, 6) is -0.894. The summed E-state index contributed by atoms with van der Waals surface area (Å²) in [7, 11) is 0. The molecule has 0 radical (unpaired) electrons. The molecule has 5 nitrogen and oxygen atoms in total.